The molecule has 2 N–H and O–H groups in total. The van der Waals surface area contributed by atoms with Crippen LogP contribution in [0.5, 0.6) is 11.6 Å². The van der Waals surface area contributed by atoms with Crippen LogP contribution in [-0.4, -0.2) is 35.7 Å². The number of anilines is 1. The molecular weight excluding hydrogens is 481 g/mol. The third-order valence-corrected chi connectivity index (χ3v) is 5.01. The van der Waals surface area contributed by atoms with Gasteiger partial charge in [-0.25, -0.2) is 24.7 Å². The zero-order chi connectivity index (χ0) is 24.1. The lowest BCUT2D eigenvalue weighted by atomic mass is 10.3. The molecule has 0 saturated carbocycles. The lowest BCUT2D eigenvalue weighted by molar-refractivity contribution is 0.248. The number of hydrogen-bond acceptors (Lipinski definition) is 8. The SMILES string of the molecule is C[C@H](NC(=O)Nc1cc(Oc2ccc(C#N)cn2)c(Cl)cc1Cl)c1ncnn1-c1ncccn1. The van der Waals surface area contributed by atoms with Crippen LogP contribution in [0.1, 0.15) is 24.4 Å². The minimum Gasteiger partial charge on any atom is -0.437 e. The standard InChI is InChI=1S/C21H15Cl2N9O2/c1-12(19-28-11-29-32(19)20-25-5-2-6-26-20)30-21(33)31-16-8-17(15(23)7-14(16)22)34-18-4-3-13(9-24)10-27-18/h2-8,10-12H,1H3,(H2,30,31,33)/t12-/m0/s1. The van der Waals surface area contributed by atoms with Gasteiger partial charge >= 0.3 is 6.03 Å². The number of nitrogens with one attached hydrogen (secondary N) is 2. The first-order valence-electron chi connectivity index (χ1n) is 9.72. The van der Waals surface area contributed by atoms with Crippen molar-refractivity contribution in [3.8, 4) is 23.6 Å². The number of ether oxygens (including phenoxy) is 1. The molecule has 0 radical (unpaired) electrons. The molecular formula is C21H15Cl2N9O2. The third-order valence-electron chi connectivity index (χ3n) is 4.40. The molecule has 0 bridgehead atoms. The summed E-state index contributed by atoms with van der Waals surface area (Å²) >= 11 is 12.5. The van der Waals surface area contributed by atoms with E-state index in [0.717, 1.165) is 0 Å². The van der Waals surface area contributed by atoms with Gasteiger partial charge in [0.25, 0.3) is 5.95 Å². The molecule has 0 spiro atoms. The fourth-order valence-electron chi connectivity index (χ4n) is 2.84. The molecule has 3 heterocycles. The Morgan fingerprint density at radius 2 is 1.94 bits per heavy atom. The van der Waals surface area contributed by atoms with Gasteiger partial charge in [0.05, 0.1) is 27.3 Å². The van der Waals surface area contributed by atoms with E-state index in [-0.39, 0.29) is 27.4 Å². The highest BCUT2D eigenvalue weighted by molar-refractivity contribution is 6.37. The number of amides is 2. The summed E-state index contributed by atoms with van der Waals surface area (Å²) in [6.07, 6.45) is 5.87. The zero-order valence-electron chi connectivity index (χ0n) is 17.5. The number of nitriles is 1. The van der Waals surface area contributed by atoms with Crippen LogP contribution in [0.15, 0.2) is 55.2 Å². The van der Waals surface area contributed by atoms with Crippen molar-refractivity contribution in [1.82, 2.24) is 35.0 Å². The molecule has 0 unspecified atom stereocenters. The van der Waals surface area contributed by atoms with Crippen LogP contribution in [0, 0.1) is 11.3 Å². The average molecular weight is 496 g/mol. The minimum absolute atomic E-state index is 0.203. The Kier molecular flexibility index (Phi) is 6.82. The van der Waals surface area contributed by atoms with Crippen LogP contribution < -0.4 is 15.4 Å². The summed E-state index contributed by atoms with van der Waals surface area (Å²) in [4.78, 5) is 29.2. The van der Waals surface area contributed by atoms with Crippen molar-refractivity contribution in [2.45, 2.75) is 13.0 Å². The van der Waals surface area contributed by atoms with Gasteiger partial charge in [0, 0.05) is 30.7 Å². The first-order valence-corrected chi connectivity index (χ1v) is 10.5. The number of carbonyl (C=O) groups is 1. The Labute approximate surface area is 203 Å². The second kappa shape index (κ2) is 10.1. The second-order valence-corrected chi connectivity index (χ2v) is 7.57. The number of halogens is 2. The monoisotopic (exact) mass is 495 g/mol. The Morgan fingerprint density at radius 3 is 2.65 bits per heavy atom. The van der Waals surface area contributed by atoms with E-state index >= 15 is 0 Å². The van der Waals surface area contributed by atoms with Crippen molar-refractivity contribution in [2.75, 3.05) is 5.32 Å². The largest absolute Gasteiger partial charge is 0.437 e. The molecule has 2 amide bonds. The average Bonchev–Trinajstić information content (AvgIpc) is 3.33. The zero-order valence-corrected chi connectivity index (χ0v) is 19.0. The maximum Gasteiger partial charge on any atom is 0.319 e. The summed E-state index contributed by atoms with van der Waals surface area (Å²) in [7, 11) is 0. The number of benzene rings is 1. The lowest BCUT2D eigenvalue weighted by Gasteiger charge is -2.16. The van der Waals surface area contributed by atoms with Crippen molar-refractivity contribution in [3.63, 3.8) is 0 Å². The molecule has 1 aromatic carbocycles. The summed E-state index contributed by atoms with van der Waals surface area (Å²) in [5.74, 6) is 1.18. The number of urea groups is 1. The fraction of sp³-hybridized carbons (Fsp3) is 0.0952. The molecule has 34 heavy (non-hydrogen) atoms. The molecule has 11 nitrogen and oxygen atoms in total. The Balaban J connectivity index is 1.47. The lowest BCUT2D eigenvalue weighted by Crippen LogP contribution is -2.32. The summed E-state index contributed by atoms with van der Waals surface area (Å²) in [5, 5.41) is 18.8. The maximum atomic E-state index is 12.7. The normalized spacial score (nSPS) is 11.4. The molecule has 13 heteroatoms. The van der Waals surface area contributed by atoms with Gasteiger partial charge in [-0.15, -0.1) is 0 Å². The number of aromatic nitrogens is 6. The van der Waals surface area contributed by atoms with E-state index in [4.69, 9.17) is 33.2 Å². The molecule has 0 saturated heterocycles. The van der Waals surface area contributed by atoms with Crippen molar-refractivity contribution < 1.29 is 9.53 Å². The second-order valence-electron chi connectivity index (χ2n) is 6.76. The highest BCUT2D eigenvalue weighted by Gasteiger charge is 2.19. The summed E-state index contributed by atoms with van der Waals surface area (Å²) in [5.41, 5.74) is 0.643. The van der Waals surface area contributed by atoms with E-state index in [0.29, 0.717) is 17.3 Å². The Bertz CT molecular complexity index is 1360. The first-order chi connectivity index (χ1) is 16.4. The Morgan fingerprint density at radius 1 is 1.15 bits per heavy atom. The van der Waals surface area contributed by atoms with Gasteiger partial charge in [-0.2, -0.15) is 15.0 Å². The number of carbonyl (C=O) groups excluding carboxylic acids is 1. The van der Waals surface area contributed by atoms with Crippen LogP contribution >= 0.6 is 23.2 Å². The molecule has 4 aromatic rings. The van der Waals surface area contributed by atoms with E-state index in [1.165, 1.54) is 35.4 Å². The number of hydrogen-bond donors (Lipinski definition) is 2. The first kappa shape index (κ1) is 22.9. The highest BCUT2D eigenvalue weighted by atomic mass is 35.5. The van der Waals surface area contributed by atoms with Crippen LogP contribution in [0.2, 0.25) is 10.0 Å². The third kappa shape index (κ3) is 5.20. The molecule has 4 rings (SSSR count). The van der Waals surface area contributed by atoms with Crippen LogP contribution in [0.3, 0.4) is 0 Å². The predicted molar refractivity (Wildman–Crippen MR) is 123 cm³/mol. The Hall–Kier alpha value is -4.27. The highest BCUT2D eigenvalue weighted by Crippen LogP contribution is 2.36. The number of rotatable bonds is 6. The maximum absolute atomic E-state index is 12.7. The van der Waals surface area contributed by atoms with Gasteiger partial charge in [-0.05, 0) is 25.1 Å². The van der Waals surface area contributed by atoms with Crippen molar-refractivity contribution in [2.24, 2.45) is 0 Å². The van der Waals surface area contributed by atoms with Gasteiger partial charge in [0.2, 0.25) is 5.88 Å². The van der Waals surface area contributed by atoms with E-state index in [1.54, 1.807) is 31.5 Å². The number of nitrogens with zero attached hydrogens (tertiary/aromatic N) is 7. The summed E-state index contributed by atoms with van der Waals surface area (Å²) < 4.78 is 7.10. The van der Waals surface area contributed by atoms with E-state index in [1.807, 2.05) is 6.07 Å². The van der Waals surface area contributed by atoms with E-state index in [9.17, 15) is 4.79 Å². The topological polar surface area (TPSA) is 144 Å². The van der Waals surface area contributed by atoms with Crippen LogP contribution in [0.4, 0.5) is 10.5 Å². The van der Waals surface area contributed by atoms with Crippen LogP contribution in [-0.2, 0) is 0 Å². The van der Waals surface area contributed by atoms with Crippen LogP contribution in [0.25, 0.3) is 5.95 Å². The molecule has 0 aliphatic rings. The van der Waals surface area contributed by atoms with E-state index in [2.05, 4.69) is 35.7 Å². The quantitative estimate of drug-likeness (QED) is 0.402. The van der Waals surface area contributed by atoms with Gasteiger partial charge < -0.3 is 15.4 Å². The van der Waals surface area contributed by atoms with Crippen molar-refractivity contribution in [3.05, 3.63) is 76.7 Å². The summed E-state index contributed by atoms with van der Waals surface area (Å²) in [6, 6.07) is 8.54. The van der Waals surface area contributed by atoms with Crippen molar-refractivity contribution >= 4 is 34.9 Å². The molecule has 1 atom stereocenters. The molecule has 170 valence electrons. The van der Waals surface area contributed by atoms with Crippen molar-refractivity contribution in [1.29, 1.82) is 5.26 Å². The van der Waals surface area contributed by atoms with Gasteiger partial charge in [-0.1, -0.05) is 23.2 Å². The smallest absolute Gasteiger partial charge is 0.319 e. The fourth-order valence-corrected chi connectivity index (χ4v) is 3.31. The predicted octanol–water partition coefficient (Wildman–Crippen LogP) is 4.31. The van der Waals surface area contributed by atoms with Gasteiger partial charge in [-0.3, -0.25) is 0 Å². The minimum atomic E-state index is -0.553. The van der Waals surface area contributed by atoms with Gasteiger partial charge in [0.1, 0.15) is 18.1 Å². The molecule has 3 aromatic heterocycles. The van der Waals surface area contributed by atoms with E-state index < -0.39 is 12.1 Å². The molecule has 0 fully saturated rings. The van der Waals surface area contributed by atoms with Gasteiger partial charge in [0.15, 0.2) is 5.82 Å². The molecule has 0 aliphatic heterocycles. The summed E-state index contributed by atoms with van der Waals surface area (Å²) in [6.45, 7) is 1.73. The molecule has 0 aliphatic carbocycles. The number of pyridine rings is 1.